The third-order valence-corrected chi connectivity index (χ3v) is 3.54. The van der Waals surface area contributed by atoms with E-state index in [1.807, 2.05) is 19.4 Å². The summed E-state index contributed by atoms with van der Waals surface area (Å²) >= 11 is 2.09. The van der Waals surface area contributed by atoms with Crippen LogP contribution in [-0.4, -0.2) is 21.2 Å². The van der Waals surface area contributed by atoms with Gasteiger partial charge in [0, 0.05) is 41.2 Å². The van der Waals surface area contributed by atoms with Crippen molar-refractivity contribution < 1.29 is 4.92 Å². The van der Waals surface area contributed by atoms with Crippen LogP contribution in [0.4, 0.5) is 11.4 Å². The zero-order valence-corrected chi connectivity index (χ0v) is 12.5. The number of nitro benzene ring substituents is 1. The monoisotopic (exact) mass is 372 g/mol. The molecular weight excluding hydrogens is 359 g/mol. The lowest BCUT2D eigenvalue weighted by atomic mass is 10.2. The summed E-state index contributed by atoms with van der Waals surface area (Å²) in [7, 11) is 1.89. The topological polar surface area (TPSA) is 73.0 Å². The van der Waals surface area contributed by atoms with Crippen LogP contribution in [0.15, 0.2) is 30.6 Å². The number of hydrogen-bond donors (Lipinski definition) is 1. The zero-order chi connectivity index (χ0) is 13.8. The Hall–Kier alpha value is -1.64. The molecule has 6 nitrogen and oxygen atoms in total. The molecule has 0 fully saturated rings. The maximum Gasteiger partial charge on any atom is 0.270 e. The number of nitrogens with zero attached hydrogens (tertiary/aromatic N) is 3. The molecule has 0 saturated heterocycles. The Bertz CT molecular complexity index is 597. The minimum atomic E-state index is -0.387. The van der Waals surface area contributed by atoms with E-state index in [9.17, 15) is 10.1 Å². The van der Waals surface area contributed by atoms with Crippen LogP contribution < -0.4 is 5.32 Å². The third-order valence-electron chi connectivity index (χ3n) is 2.65. The first-order chi connectivity index (χ1) is 9.06. The van der Waals surface area contributed by atoms with Crippen molar-refractivity contribution in [1.29, 1.82) is 0 Å². The maximum atomic E-state index is 10.6. The van der Waals surface area contributed by atoms with Gasteiger partial charge in [0.1, 0.15) is 0 Å². The van der Waals surface area contributed by atoms with Gasteiger partial charge in [-0.25, -0.2) is 0 Å². The van der Waals surface area contributed by atoms with Crippen LogP contribution in [-0.2, 0) is 13.5 Å². The van der Waals surface area contributed by atoms with Crippen molar-refractivity contribution in [3.63, 3.8) is 0 Å². The molecule has 100 valence electrons. The first kappa shape index (κ1) is 13.8. The summed E-state index contributed by atoms with van der Waals surface area (Å²) in [5, 5.41) is 18.0. The first-order valence-electron chi connectivity index (χ1n) is 5.71. The smallest absolute Gasteiger partial charge is 0.270 e. The summed E-state index contributed by atoms with van der Waals surface area (Å²) in [4.78, 5) is 10.3. The minimum absolute atomic E-state index is 0.113. The predicted molar refractivity (Wildman–Crippen MR) is 81.2 cm³/mol. The molecule has 1 aromatic carbocycles. The van der Waals surface area contributed by atoms with E-state index in [2.05, 4.69) is 33.0 Å². The van der Waals surface area contributed by atoms with E-state index in [4.69, 9.17) is 0 Å². The average molecular weight is 372 g/mol. The molecule has 19 heavy (non-hydrogen) atoms. The van der Waals surface area contributed by atoms with Crippen LogP contribution in [0.2, 0.25) is 0 Å². The van der Waals surface area contributed by atoms with E-state index in [0.29, 0.717) is 0 Å². The van der Waals surface area contributed by atoms with Crippen molar-refractivity contribution >= 4 is 34.0 Å². The molecule has 0 aliphatic carbocycles. The van der Waals surface area contributed by atoms with E-state index in [1.54, 1.807) is 16.8 Å². The Balaban J connectivity index is 1.94. The summed E-state index contributed by atoms with van der Waals surface area (Å²) in [6.07, 6.45) is 4.67. The molecule has 0 radical (unpaired) electrons. The molecule has 0 amide bonds. The fraction of sp³-hybridized carbons (Fsp3) is 0.250. The molecule has 2 aromatic rings. The summed E-state index contributed by atoms with van der Waals surface area (Å²) in [5.74, 6) is 0. The third kappa shape index (κ3) is 3.66. The number of aromatic nitrogens is 2. The number of benzene rings is 1. The summed E-state index contributed by atoms with van der Waals surface area (Å²) in [5.41, 5.74) is 2.18. The Labute approximate surface area is 124 Å². The molecule has 0 saturated carbocycles. The molecular formula is C12H13IN4O2. The van der Waals surface area contributed by atoms with Crippen LogP contribution in [0.3, 0.4) is 0 Å². The fourth-order valence-electron chi connectivity index (χ4n) is 1.70. The molecule has 1 heterocycles. The molecule has 0 aliphatic heterocycles. The van der Waals surface area contributed by atoms with E-state index in [-0.39, 0.29) is 10.6 Å². The van der Waals surface area contributed by atoms with E-state index < -0.39 is 0 Å². The number of rotatable bonds is 5. The zero-order valence-electron chi connectivity index (χ0n) is 10.3. The van der Waals surface area contributed by atoms with E-state index >= 15 is 0 Å². The molecule has 0 bridgehead atoms. The highest BCUT2D eigenvalue weighted by atomic mass is 127. The molecule has 1 aromatic heterocycles. The number of non-ortho nitro benzene ring substituents is 1. The molecule has 7 heteroatoms. The molecule has 1 N–H and O–H groups in total. The van der Waals surface area contributed by atoms with Gasteiger partial charge in [0.05, 0.1) is 11.1 Å². The molecule has 2 rings (SSSR count). The van der Waals surface area contributed by atoms with Crippen molar-refractivity contribution in [3.8, 4) is 0 Å². The van der Waals surface area contributed by atoms with Gasteiger partial charge in [0.15, 0.2) is 0 Å². The Morgan fingerprint density at radius 3 is 2.89 bits per heavy atom. The van der Waals surface area contributed by atoms with Crippen LogP contribution in [0.5, 0.6) is 0 Å². The van der Waals surface area contributed by atoms with E-state index in [1.165, 1.54) is 6.07 Å². The second-order valence-electron chi connectivity index (χ2n) is 4.12. The van der Waals surface area contributed by atoms with Crippen molar-refractivity contribution in [1.82, 2.24) is 9.78 Å². The number of halogens is 1. The van der Waals surface area contributed by atoms with Gasteiger partial charge >= 0.3 is 0 Å². The van der Waals surface area contributed by atoms with Gasteiger partial charge in [-0.2, -0.15) is 5.10 Å². The number of aryl methyl sites for hydroxylation is 1. The Morgan fingerprint density at radius 2 is 2.32 bits per heavy atom. The van der Waals surface area contributed by atoms with Gasteiger partial charge in [-0.05, 0) is 40.6 Å². The predicted octanol–water partition coefficient (Wildman–Crippen LogP) is 2.59. The van der Waals surface area contributed by atoms with Crippen molar-refractivity contribution in [3.05, 3.63) is 49.8 Å². The second-order valence-corrected chi connectivity index (χ2v) is 5.28. The normalized spacial score (nSPS) is 10.4. The molecule has 0 aliphatic rings. The largest absolute Gasteiger partial charge is 0.384 e. The quantitative estimate of drug-likeness (QED) is 0.498. The first-order valence-corrected chi connectivity index (χ1v) is 6.79. The van der Waals surface area contributed by atoms with Gasteiger partial charge in [-0.3, -0.25) is 14.8 Å². The van der Waals surface area contributed by atoms with E-state index in [0.717, 1.165) is 27.8 Å². The summed E-state index contributed by atoms with van der Waals surface area (Å²) < 4.78 is 2.61. The SMILES string of the molecule is Cn1cc(CCNc2ccc([N+](=O)[O-])cc2I)cn1. The highest BCUT2D eigenvalue weighted by Gasteiger charge is 2.08. The lowest BCUT2D eigenvalue weighted by Gasteiger charge is -2.07. The number of hydrogen-bond acceptors (Lipinski definition) is 4. The lowest BCUT2D eigenvalue weighted by Crippen LogP contribution is -2.06. The molecule has 0 unspecified atom stereocenters. The lowest BCUT2D eigenvalue weighted by molar-refractivity contribution is -0.384. The van der Waals surface area contributed by atoms with Crippen LogP contribution in [0, 0.1) is 13.7 Å². The number of anilines is 1. The van der Waals surface area contributed by atoms with Gasteiger partial charge in [-0.15, -0.1) is 0 Å². The minimum Gasteiger partial charge on any atom is -0.384 e. The van der Waals surface area contributed by atoms with Crippen molar-refractivity contribution in [2.45, 2.75) is 6.42 Å². The highest BCUT2D eigenvalue weighted by molar-refractivity contribution is 14.1. The fourth-order valence-corrected chi connectivity index (χ4v) is 2.39. The number of nitrogens with one attached hydrogen (secondary N) is 1. The van der Waals surface area contributed by atoms with Crippen LogP contribution >= 0.6 is 22.6 Å². The second kappa shape index (κ2) is 6.00. The Morgan fingerprint density at radius 1 is 1.53 bits per heavy atom. The van der Waals surface area contributed by atoms with Crippen molar-refractivity contribution in [2.24, 2.45) is 7.05 Å². The molecule has 0 atom stereocenters. The maximum absolute atomic E-state index is 10.6. The van der Waals surface area contributed by atoms with Crippen molar-refractivity contribution in [2.75, 3.05) is 11.9 Å². The summed E-state index contributed by atoms with van der Waals surface area (Å²) in [6.45, 7) is 0.763. The molecule has 0 spiro atoms. The highest BCUT2D eigenvalue weighted by Crippen LogP contribution is 2.23. The van der Waals surface area contributed by atoms with Gasteiger partial charge in [0.25, 0.3) is 5.69 Å². The standard InChI is InChI=1S/C12H13IN4O2/c1-16-8-9(7-15-16)4-5-14-12-3-2-10(17(18)19)6-11(12)13/h2-3,6-8,14H,4-5H2,1H3. The number of nitro groups is 1. The van der Waals surface area contributed by atoms with Gasteiger partial charge in [0.2, 0.25) is 0 Å². The van der Waals surface area contributed by atoms with Crippen LogP contribution in [0.25, 0.3) is 0 Å². The Kier molecular flexibility index (Phi) is 4.35. The summed E-state index contributed by atoms with van der Waals surface area (Å²) in [6, 6.07) is 4.81. The van der Waals surface area contributed by atoms with Crippen LogP contribution in [0.1, 0.15) is 5.56 Å². The van der Waals surface area contributed by atoms with Gasteiger partial charge < -0.3 is 5.32 Å². The van der Waals surface area contributed by atoms with Gasteiger partial charge in [-0.1, -0.05) is 0 Å². The average Bonchev–Trinajstić information content (AvgIpc) is 2.77.